The van der Waals surface area contributed by atoms with Crippen molar-refractivity contribution in [2.75, 3.05) is 19.0 Å². The molecule has 1 aromatic rings. The van der Waals surface area contributed by atoms with E-state index >= 15 is 0 Å². The molecule has 21 heavy (non-hydrogen) atoms. The molecule has 0 saturated carbocycles. The monoisotopic (exact) mass is 310 g/mol. The fourth-order valence-electron chi connectivity index (χ4n) is 1.84. The van der Waals surface area contributed by atoms with Crippen LogP contribution >= 0.6 is 11.8 Å². The summed E-state index contributed by atoms with van der Waals surface area (Å²) >= 11 is 1.41. The molecular weight excluding hydrogens is 288 g/mol. The van der Waals surface area contributed by atoms with E-state index in [4.69, 9.17) is 9.47 Å². The van der Waals surface area contributed by atoms with Crippen LogP contribution in [0.5, 0.6) is 0 Å². The van der Waals surface area contributed by atoms with E-state index in [1.807, 2.05) is 31.2 Å². The summed E-state index contributed by atoms with van der Waals surface area (Å²) in [4.78, 5) is 23.5. The van der Waals surface area contributed by atoms with Crippen LogP contribution in [0.2, 0.25) is 0 Å². The van der Waals surface area contributed by atoms with Crippen LogP contribution in [-0.4, -0.2) is 30.9 Å². The smallest absolute Gasteiger partial charge is 0.323 e. The molecule has 1 rings (SSSR count). The maximum Gasteiger partial charge on any atom is 0.323 e. The summed E-state index contributed by atoms with van der Waals surface area (Å²) in [6, 6.07) is 7.78. The summed E-state index contributed by atoms with van der Waals surface area (Å²) in [5.74, 6) is 0.0183. The van der Waals surface area contributed by atoms with Crippen molar-refractivity contribution in [3.8, 4) is 0 Å². The minimum Gasteiger partial charge on any atom is -0.466 e. The number of hydrogen-bond acceptors (Lipinski definition) is 5. The first kappa shape index (κ1) is 17.6. The van der Waals surface area contributed by atoms with Gasteiger partial charge in [0.05, 0.1) is 19.6 Å². The summed E-state index contributed by atoms with van der Waals surface area (Å²) in [7, 11) is 0. The molecule has 0 bridgehead atoms. The van der Waals surface area contributed by atoms with Crippen molar-refractivity contribution in [3.05, 3.63) is 35.4 Å². The molecular formula is C16H22O4S. The van der Waals surface area contributed by atoms with E-state index in [-0.39, 0.29) is 11.9 Å². The van der Waals surface area contributed by atoms with E-state index in [0.717, 1.165) is 11.1 Å². The van der Waals surface area contributed by atoms with Crippen LogP contribution in [0.3, 0.4) is 0 Å². The fourth-order valence-corrected chi connectivity index (χ4v) is 2.91. The average molecular weight is 310 g/mol. The molecule has 0 aliphatic heterocycles. The number of ether oxygens (including phenoxy) is 2. The van der Waals surface area contributed by atoms with E-state index < -0.39 is 5.25 Å². The Labute approximate surface area is 130 Å². The van der Waals surface area contributed by atoms with Crippen molar-refractivity contribution < 1.29 is 19.1 Å². The van der Waals surface area contributed by atoms with Crippen molar-refractivity contribution in [1.29, 1.82) is 0 Å². The zero-order valence-corrected chi connectivity index (χ0v) is 13.6. The molecule has 1 aromatic carbocycles. The summed E-state index contributed by atoms with van der Waals surface area (Å²) in [6.45, 7) is 6.27. The van der Waals surface area contributed by atoms with Gasteiger partial charge < -0.3 is 9.47 Å². The first-order chi connectivity index (χ1) is 10.1. The number of esters is 2. The molecule has 0 N–H and O–H groups in total. The quantitative estimate of drug-likeness (QED) is 0.690. The maximum atomic E-state index is 12.1. The van der Waals surface area contributed by atoms with Gasteiger partial charge >= 0.3 is 11.9 Å². The molecule has 0 heterocycles. The lowest BCUT2D eigenvalue weighted by molar-refractivity contribution is -0.143. The Morgan fingerprint density at radius 2 is 1.90 bits per heavy atom. The summed E-state index contributed by atoms with van der Waals surface area (Å²) < 4.78 is 10.0. The highest BCUT2D eigenvalue weighted by Crippen LogP contribution is 2.31. The molecule has 5 heteroatoms. The third kappa shape index (κ3) is 6.21. The number of carbonyl (C=O) groups is 2. The van der Waals surface area contributed by atoms with Crippen LogP contribution in [0.1, 0.15) is 36.6 Å². The van der Waals surface area contributed by atoms with Crippen molar-refractivity contribution in [1.82, 2.24) is 0 Å². The molecule has 0 radical (unpaired) electrons. The normalized spacial score (nSPS) is 11.8. The molecule has 1 atom stereocenters. The third-order valence-corrected chi connectivity index (χ3v) is 3.98. The van der Waals surface area contributed by atoms with Crippen molar-refractivity contribution in [2.24, 2.45) is 0 Å². The van der Waals surface area contributed by atoms with Gasteiger partial charge in [-0.15, -0.1) is 11.8 Å². The Morgan fingerprint density at radius 1 is 1.19 bits per heavy atom. The number of rotatable bonds is 8. The Hall–Kier alpha value is -1.49. The molecule has 0 aromatic heterocycles. The maximum absolute atomic E-state index is 12.1. The van der Waals surface area contributed by atoms with E-state index in [9.17, 15) is 9.59 Å². The predicted octanol–water partition coefficient (Wildman–Crippen LogP) is 3.29. The van der Waals surface area contributed by atoms with Crippen LogP contribution in [0.4, 0.5) is 0 Å². The van der Waals surface area contributed by atoms with Gasteiger partial charge in [0, 0.05) is 5.75 Å². The van der Waals surface area contributed by atoms with Gasteiger partial charge in [0.1, 0.15) is 5.25 Å². The summed E-state index contributed by atoms with van der Waals surface area (Å²) in [5, 5.41) is -0.403. The zero-order valence-electron chi connectivity index (χ0n) is 12.8. The number of benzene rings is 1. The highest BCUT2D eigenvalue weighted by atomic mass is 32.2. The second-order valence-electron chi connectivity index (χ2n) is 4.47. The molecule has 0 unspecified atom stereocenters. The lowest BCUT2D eigenvalue weighted by atomic mass is 10.1. The van der Waals surface area contributed by atoms with Crippen LogP contribution in [0.15, 0.2) is 24.3 Å². The van der Waals surface area contributed by atoms with Gasteiger partial charge in [0.15, 0.2) is 0 Å². The van der Waals surface area contributed by atoms with Gasteiger partial charge in [-0.05, 0) is 26.3 Å². The van der Waals surface area contributed by atoms with Crippen molar-refractivity contribution in [3.63, 3.8) is 0 Å². The molecule has 116 valence electrons. The molecule has 0 amide bonds. The van der Waals surface area contributed by atoms with Gasteiger partial charge in [-0.1, -0.05) is 29.8 Å². The van der Waals surface area contributed by atoms with E-state index in [0.29, 0.717) is 25.4 Å². The highest BCUT2D eigenvalue weighted by Gasteiger charge is 2.23. The van der Waals surface area contributed by atoms with E-state index in [1.54, 1.807) is 13.8 Å². The Balaban J connectivity index is 2.69. The van der Waals surface area contributed by atoms with Crippen LogP contribution in [0.25, 0.3) is 0 Å². The molecule has 0 aliphatic carbocycles. The Morgan fingerprint density at radius 3 is 2.52 bits per heavy atom. The van der Waals surface area contributed by atoms with Gasteiger partial charge in [0.25, 0.3) is 0 Å². The molecule has 0 fully saturated rings. The number of carbonyl (C=O) groups excluding carboxylic acids is 2. The first-order valence-corrected chi connectivity index (χ1v) is 8.13. The second kappa shape index (κ2) is 9.45. The SMILES string of the molecule is CCOC(=O)CCS[C@H](C(=O)OCC)c1cccc(C)c1. The molecule has 4 nitrogen and oxygen atoms in total. The Kier molecular flexibility index (Phi) is 7.90. The van der Waals surface area contributed by atoms with E-state index in [2.05, 4.69) is 0 Å². The largest absolute Gasteiger partial charge is 0.466 e. The number of hydrogen-bond donors (Lipinski definition) is 0. The topological polar surface area (TPSA) is 52.6 Å². The highest BCUT2D eigenvalue weighted by molar-refractivity contribution is 8.00. The zero-order chi connectivity index (χ0) is 15.7. The summed E-state index contributed by atoms with van der Waals surface area (Å²) in [5.41, 5.74) is 2.00. The average Bonchev–Trinajstić information content (AvgIpc) is 2.44. The minimum atomic E-state index is -0.403. The van der Waals surface area contributed by atoms with Gasteiger partial charge in [-0.2, -0.15) is 0 Å². The third-order valence-electron chi connectivity index (χ3n) is 2.74. The summed E-state index contributed by atoms with van der Waals surface area (Å²) in [6.07, 6.45) is 0.292. The van der Waals surface area contributed by atoms with Crippen LogP contribution in [0, 0.1) is 6.92 Å². The lowest BCUT2D eigenvalue weighted by Gasteiger charge is -2.16. The van der Waals surface area contributed by atoms with Gasteiger partial charge in [-0.25, -0.2) is 0 Å². The van der Waals surface area contributed by atoms with Crippen molar-refractivity contribution >= 4 is 23.7 Å². The number of thioether (sulfide) groups is 1. The lowest BCUT2D eigenvalue weighted by Crippen LogP contribution is -2.15. The minimum absolute atomic E-state index is 0.239. The number of aryl methyl sites for hydroxylation is 1. The van der Waals surface area contributed by atoms with Gasteiger partial charge in [-0.3, -0.25) is 9.59 Å². The molecule has 0 spiro atoms. The van der Waals surface area contributed by atoms with Crippen LogP contribution in [-0.2, 0) is 19.1 Å². The van der Waals surface area contributed by atoms with Crippen molar-refractivity contribution in [2.45, 2.75) is 32.4 Å². The van der Waals surface area contributed by atoms with Gasteiger partial charge in [0.2, 0.25) is 0 Å². The van der Waals surface area contributed by atoms with Crippen LogP contribution < -0.4 is 0 Å². The predicted molar refractivity (Wildman–Crippen MR) is 84.3 cm³/mol. The fraction of sp³-hybridized carbons (Fsp3) is 0.500. The second-order valence-corrected chi connectivity index (χ2v) is 5.69. The molecule has 0 saturated heterocycles. The first-order valence-electron chi connectivity index (χ1n) is 7.08. The standard InChI is InChI=1S/C16H22O4S/c1-4-19-14(17)9-10-21-15(16(18)20-5-2)13-8-6-7-12(3)11-13/h6-8,11,15H,4-5,9-10H2,1-3H3/t15-/m0/s1. The molecule has 0 aliphatic rings. The Bertz CT molecular complexity index is 473. The van der Waals surface area contributed by atoms with E-state index in [1.165, 1.54) is 11.8 Å².